The maximum Gasteiger partial charge on any atom is 0.316 e. The molecule has 1 rings (SSSR count). The van der Waals surface area contributed by atoms with Gasteiger partial charge in [-0.05, 0) is 39.0 Å². The Morgan fingerprint density at radius 2 is 2.12 bits per heavy atom. The van der Waals surface area contributed by atoms with Crippen molar-refractivity contribution >= 4 is 29.3 Å². The summed E-state index contributed by atoms with van der Waals surface area (Å²) in [6.07, 6.45) is 0. The summed E-state index contributed by atoms with van der Waals surface area (Å²) in [6, 6.07) is 7.41. The zero-order valence-electron chi connectivity index (χ0n) is 9.62. The SMILES string of the molecule is CC(C)(C)OC(=O)CSc1cccc(Cl)c1. The van der Waals surface area contributed by atoms with E-state index >= 15 is 0 Å². The molecule has 4 heteroatoms. The number of esters is 1. The summed E-state index contributed by atoms with van der Waals surface area (Å²) < 4.78 is 5.20. The number of hydrogen-bond acceptors (Lipinski definition) is 3. The lowest BCUT2D eigenvalue weighted by Gasteiger charge is -2.19. The van der Waals surface area contributed by atoms with Gasteiger partial charge in [0.1, 0.15) is 5.60 Å². The third kappa shape index (κ3) is 5.42. The minimum absolute atomic E-state index is 0.211. The van der Waals surface area contributed by atoms with E-state index in [1.54, 1.807) is 6.07 Å². The van der Waals surface area contributed by atoms with Crippen molar-refractivity contribution in [2.45, 2.75) is 31.3 Å². The van der Waals surface area contributed by atoms with Crippen LogP contribution in [0.1, 0.15) is 20.8 Å². The van der Waals surface area contributed by atoms with Gasteiger partial charge in [-0.1, -0.05) is 17.7 Å². The third-order valence-electron chi connectivity index (χ3n) is 1.57. The van der Waals surface area contributed by atoms with Crippen LogP contribution in [0.4, 0.5) is 0 Å². The van der Waals surface area contributed by atoms with Crippen LogP contribution < -0.4 is 0 Å². The molecule has 0 unspecified atom stereocenters. The summed E-state index contributed by atoms with van der Waals surface area (Å²) in [4.78, 5) is 12.4. The first-order chi connectivity index (χ1) is 7.37. The summed E-state index contributed by atoms with van der Waals surface area (Å²) in [5, 5.41) is 0.675. The highest BCUT2D eigenvalue weighted by Gasteiger charge is 2.16. The Hall–Kier alpha value is -0.670. The first-order valence-electron chi connectivity index (χ1n) is 4.97. The monoisotopic (exact) mass is 258 g/mol. The van der Waals surface area contributed by atoms with Crippen LogP contribution in [0.25, 0.3) is 0 Å². The smallest absolute Gasteiger partial charge is 0.316 e. The van der Waals surface area contributed by atoms with Crippen molar-refractivity contribution in [3.63, 3.8) is 0 Å². The van der Waals surface area contributed by atoms with Crippen LogP contribution in [0.3, 0.4) is 0 Å². The molecule has 0 amide bonds. The van der Waals surface area contributed by atoms with Crippen molar-refractivity contribution in [3.05, 3.63) is 29.3 Å². The molecule has 2 nitrogen and oxygen atoms in total. The maximum absolute atomic E-state index is 11.4. The van der Waals surface area contributed by atoms with E-state index in [2.05, 4.69) is 0 Å². The Labute approximate surface area is 105 Å². The molecule has 1 aromatic rings. The number of hydrogen-bond donors (Lipinski definition) is 0. The number of thioether (sulfide) groups is 1. The molecule has 0 aliphatic rings. The number of halogens is 1. The van der Waals surface area contributed by atoms with Gasteiger partial charge in [-0.15, -0.1) is 11.8 Å². The second kappa shape index (κ2) is 5.60. The average Bonchev–Trinajstić information content (AvgIpc) is 2.12. The molecule has 0 atom stereocenters. The van der Waals surface area contributed by atoms with Crippen molar-refractivity contribution < 1.29 is 9.53 Å². The molecule has 0 aromatic heterocycles. The topological polar surface area (TPSA) is 26.3 Å². The van der Waals surface area contributed by atoms with Crippen molar-refractivity contribution in [2.24, 2.45) is 0 Å². The third-order valence-corrected chi connectivity index (χ3v) is 2.78. The summed E-state index contributed by atoms with van der Waals surface area (Å²) in [5.41, 5.74) is -0.425. The molecular weight excluding hydrogens is 244 g/mol. The quantitative estimate of drug-likeness (QED) is 0.610. The lowest BCUT2D eigenvalue weighted by Crippen LogP contribution is -2.24. The molecule has 88 valence electrons. The number of carbonyl (C=O) groups excluding carboxylic acids is 1. The average molecular weight is 259 g/mol. The van der Waals surface area contributed by atoms with Crippen LogP contribution in [-0.4, -0.2) is 17.3 Å². The van der Waals surface area contributed by atoms with Crippen LogP contribution in [0.15, 0.2) is 29.2 Å². The summed E-state index contributed by atoms with van der Waals surface area (Å²) in [6.45, 7) is 5.57. The molecular formula is C12H15ClO2S. The van der Waals surface area contributed by atoms with Gasteiger partial charge >= 0.3 is 5.97 Å². The maximum atomic E-state index is 11.4. The van der Waals surface area contributed by atoms with E-state index in [-0.39, 0.29) is 5.97 Å². The van der Waals surface area contributed by atoms with E-state index < -0.39 is 5.60 Å². The van der Waals surface area contributed by atoms with Gasteiger partial charge in [0.15, 0.2) is 0 Å². The highest BCUT2D eigenvalue weighted by atomic mass is 35.5. The number of benzene rings is 1. The van der Waals surface area contributed by atoms with Gasteiger partial charge in [0.05, 0.1) is 5.75 Å². The minimum Gasteiger partial charge on any atom is -0.459 e. The fraction of sp³-hybridized carbons (Fsp3) is 0.417. The largest absolute Gasteiger partial charge is 0.459 e. The standard InChI is InChI=1S/C12H15ClO2S/c1-12(2,3)15-11(14)8-16-10-6-4-5-9(13)7-10/h4-7H,8H2,1-3H3. The molecule has 0 bridgehead atoms. The van der Waals surface area contributed by atoms with Crippen LogP contribution in [-0.2, 0) is 9.53 Å². The first-order valence-corrected chi connectivity index (χ1v) is 6.33. The molecule has 0 N–H and O–H groups in total. The van der Waals surface area contributed by atoms with Gasteiger partial charge in [0.2, 0.25) is 0 Å². The molecule has 1 aromatic carbocycles. The van der Waals surface area contributed by atoms with E-state index in [9.17, 15) is 4.79 Å². The normalized spacial score (nSPS) is 11.2. The van der Waals surface area contributed by atoms with Gasteiger partial charge in [0, 0.05) is 9.92 Å². The molecule has 0 saturated heterocycles. The Bertz CT molecular complexity index is 372. The Balaban J connectivity index is 2.43. The van der Waals surface area contributed by atoms with E-state index in [1.807, 2.05) is 39.0 Å². The van der Waals surface area contributed by atoms with Gasteiger partial charge < -0.3 is 4.74 Å². The Kier molecular flexibility index (Phi) is 4.69. The van der Waals surface area contributed by atoms with E-state index in [1.165, 1.54) is 11.8 Å². The summed E-state index contributed by atoms with van der Waals surface area (Å²) in [5.74, 6) is 0.0925. The molecule has 0 aliphatic carbocycles. The predicted octanol–water partition coefficient (Wildman–Crippen LogP) is 3.77. The molecule has 0 spiro atoms. The molecule has 0 radical (unpaired) electrons. The van der Waals surface area contributed by atoms with Crippen LogP contribution >= 0.6 is 23.4 Å². The van der Waals surface area contributed by atoms with Crippen molar-refractivity contribution in [1.29, 1.82) is 0 Å². The van der Waals surface area contributed by atoms with E-state index in [0.717, 1.165) is 4.90 Å². The molecule has 0 saturated carbocycles. The van der Waals surface area contributed by atoms with Gasteiger partial charge in [-0.25, -0.2) is 0 Å². The number of carbonyl (C=O) groups is 1. The second-order valence-corrected chi connectivity index (χ2v) is 5.82. The highest BCUT2D eigenvalue weighted by Crippen LogP contribution is 2.22. The van der Waals surface area contributed by atoms with Gasteiger partial charge in [-0.3, -0.25) is 4.79 Å². The lowest BCUT2D eigenvalue weighted by molar-refractivity contribution is -0.151. The van der Waals surface area contributed by atoms with Crippen molar-refractivity contribution in [3.8, 4) is 0 Å². The number of ether oxygens (including phenoxy) is 1. The van der Waals surface area contributed by atoms with Crippen LogP contribution in [0.2, 0.25) is 5.02 Å². The first kappa shape index (κ1) is 13.4. The fourth-order valence-electron chi connectivity index (χ4n) is 1.07. The Morgan fingerprint density at radius 3 is 2.69 bits per heavy atom. The van der Waals surface area contributed by atoms with Crippen molar-refractivity contribution in [1.82, 2.24) is 0 Å². The Morgan fingerprint density at radius 1 is 1.44 bits per heavy atom. The highest BCUT2D eigenvalue weighted by molar-refractivity contribution is 8.00. The molecule has 0 heterocycles. The van der Waals surface area contributed by atoms with Crippen LogP contribution in [0, 0.1) is 0 Å². The van der Waals surface area contributed by atoms with E-state index in [0.29, 0.717) is 10.8 Å². The number of rotatable bonds is 3. The summed E-state index contributed by atoms with van der Waals surface area (Å²) in [7, 11) is 0. The van der Waals surface area contributed by atoms with E-state index in [4.69, 9.17) is 16.3 Å². The van der Waals surface area contributed by atoms with Crippen molar-refractivity contribution in [2.75, 3.05) is 5.75 Å². The summed E-state index contributed by atoms with van der Waals surface area (Å²) >= 11 is 7.26. The minimum atomic E-state index is -0.425. The fourth-order valence-corrected chi connectivity index (χ4v) is 2.05. The second-order valence-electron chi connectivity index (χ2n) is 4.33. The van der Waals surface area contributed by atoms with Crippen LogP contribution in [0.5, 0.6) is 0 Å². The van der Waals surface area contributed by atoms with Gasteiger partial charge in [-0.2, -0.15) is 0 Å². The predicted molar refractivity (Wildman–Crippen MR) is 68.0 cm³/mol. The zero-order chi connectivity index (χ0) is 12.2. The molecule has 0 aliphatic heterocycles. The molecule has 16 heavy (non-hydrogen) atoms. The van der Waals surface area contributed by atoms with Gasteiger partial charge in [0.25, 0.3) is 0 Å². The molecule has 0 fully saturated rings. The lowest BCUT2D eigenvalue weighted by atomic mass is 10.2. The zero-order valence-corrected chi connectivity index (χ0v) is 11.2.